The molecule has 0 bridgehead atoms. The van der Waals surface area contributed by atoms with Gasteiger partial charge in [0.15, 0.2) is 4.60 Å². The fourth-order valence-corrected chi connectivity index (χ4v) is 2.35. The van der Waals surface area contributed by atoms with Crippen LogP contribution in [0.3, 0.4) is 0 Å². The number of halogens is 2. The zero-order chi connectivity index (χ0) is 12.4. The monoisotopic (exact) mass is 315 g/mol. The second-order valence-electron chi connectivity index (χ2n) is 3.74. The summed E-state index contributed by atoms with van der Waals surface area (Å²) in [5, 5.41) is 18.5. The normalized spacial score (nSPS) is 12.7. The predicted molar refractivity (Wildman–Crippen MR) is 68.8 cm³/mol. The molecule has 0 radical (unpaired) electrons. The molecule has 1 aromatic carbocycles. The van der Waals surface area contributed by atoms with Crippen molar-refractivity contribution in [3.8, 4) is 0 Å². The molecule has 4 nitrogen and oxygen atoms in total. The molecule has 6 heteroatoms. The van der Waals surface area contributed by atoms with E-state index >= 15 is 0 Å². The van der Waals surface area contributed by atoms with Crippen LogP contribution in [0.15, 0.2) is 28.9 Å². The van der Waals surface area contributed by atoms with Crippen molar-refractivity contribution >= 4 is 27.5 Å². The summed E-state index contributed by atoms with van der Waals surface area (Å²) in [6, 6.07) is 7.40. The zero-order valence-corrected chi connectivity index (χ0v) is 11.5. The number of nitrogens with zero attached hydrogens (tertiary/aromatic N) is 3. The minimum Gasteiger partial charge on any atom is -0.386 e. The molecule has 90 valence electrons. The minimum absolute atomic E-state index is 0.497. The average Bonchev–Trinajstić information content (AvgIpc) is 2.62. The molecule has 0 aliphatic rings. The lowest BCUT2D eigenvalue weighted by atomic mass is 10.1. The van der Waals surface area contributed by atoms with Crippen molar-refractivity contribution in [2.75, 3.05) is 0 Å². The number of hydrogen-bond acceptors (Lipinski definition) is 3. The molecule has 1 aromatic heterocycles. The van der Waals surface area contributed by atoms with E-state index in [-0.39, 0.29) is 0 Å². The van der Waals surface area contributed by atoms with Gasteiger partial charge in [-0.3, -0.25) is 0 Å². The minimum atomic E-state index is -0.648. The molecule has 0 aliphatic heterocycles. The SMILES string of the molecule is Cn1nnc(Br)c1C(O)Cc1ccc(Cl)cc1. The van der Waals surface area contributed by atoms with E-state index in [0.717, 1.165) is 5.56 Å². The van der Waals surface area contributed by atoms with Gasteiger partial charge in [0.1, 0.15) is 11.8 Å². The Kier molecular flexibility index (Phi) is 3.81. The van der Waals surface area contributed by atoms with Gasteiger partial charge in [0.25, 0.3) is 0 Å². The van der Waals surface area contributed by atoms with Gasteiger partial charge in [-0.05, 0) is 33.6 Å². The Morgan fingerprint density at radius 3 is 2.59 bits per heavy atom. The molecule has 1 atom stereocenters. The molecular weight excluding hydrogens is 305 g/mol. The van der Waals surface area contributed by atoms with Crippen LogP contribution in [0, 0.1) is 0 Å². The number of rotatable bonds is 3. The molecule has 0 aliphatic carbocycles. The number of aliphatic hydroxyl groups is 1. The van der Waals surface area contributed by atoms with Gasteiger partial charge in [0.05, 0.1) is 0 Å². The van der Waals surface area contributed by atoms with E-state index < -0.39 is 6.10 Å². The topological polar surface area (TPSA) is 50.9 Å². The van der Waals surface area contributed by atoms with Gasteiger partial charge < -0.3 is 5.11 Å². The fourth-order valence-electron chi connectivity index (χ4n) is 1.63. The smallest absolute Gasteiger partial charge is 0.154 e. The van der Waals surface area contributed by atoms with E-state index in [4.69, 9.17) is 11.6 Å². The maximum atomic E-state index is 10.1. The molecule has 0 saturated heterocycles. The third-order valence-corrected chi connectivity index (χ3v) is 3.30. The Morgan fingerprint density at radius 1 is 1.41 bits per heavy atom. The maximum Gasteiger partial charge on any atom is 0.154 e. The van der Waals surface area contributed by atoms with E-state index in [1.54, 1.807) is 23.9 Å². The van der Waals surface area contributed by atoms with E-state index in [1.165, 1.54) is 0 Å². The van der Waals surface area contributed by atoms with Crippen LogP contribution in [0.2, 0.25) is 5.02 Å². The van der Waals surface area contributed by atoms with Crippen molar-refractivity contribution in [3.05, 3.63) is 45.1 Å². The second kappa shape index (κ2) is 5.16. The van der Waals surface area contributed by atoms with Crippen LogP contribution in [0.25, 0.3) is 0 Å². The molecule has 0 fully saturated rings. The zero-order valence-electron chi connectivity index (χ0n) is 9.14. The molecule has 1 N–H and O–H groups in total. The molecule has 17 heavy (non-hydrogen) atoms. The van der Waals surface area contributed by atoms with Gasteiger partial charge in [0, 0.05) is 18.5 Å². The largest absolute Gasteiger partial charge is 0.386 e. The van der Waals surface area contributed by atoms with Crippen molar-refractivity contribution in [2.45, 2.75) is 12.5 Å². The van der Waals surface area contributed by atoms with Crippen LogP contribution in [0.1, 0.15) is 17.4 Å². The lowest BCUT2D eigenvalue weighted by molar-refractivity contribution is 0.168. The van der Waals surface area contributed by atoms with E-state index in [0.29, 0.717) is 21.7 Å². The summed E-state index contributed by atoms with van der Waals surface area (Å²) < 4.78 is 2.13. The number of hydrogen-bond donors (Lipinski definition) is 1. The Morgan fingerprint density at radius 2 is 2.06 bits per heavy atom. The molecule has 2 rings (SSSR count). The highest BCUT2D eigenvalue weighted by Gasteiger charge is 2.17. The number of aryl methyl sites for hydroxylation is 1. The van der Waals surface area contributed by atoms with Crippen molar-refractivity contribution in [1.29, 1.82) is 0 Å². The van der Waals surface area contributed by atoms with Gasteiger partial charge in [0.2, 0.25) is 0 Å². The van der Waals surface area contributed by atoms with Crippen molar-refractivity contribution in [2.24, 2.45) is 7.05 Å². The van der Waals surface area contributed by atoms with Crippen LogP contribution in [-0.4, -0.2) is 20.1 Å². The van der Waals surface area contributed by atoms with E-state index in [9.17, 15) is 5.11 Å². The first-order chi connectivity index (χ1) is 8.08. The lowest BCUT2D eigenvalue weighted by Gasteiger charge is -2.11. The molecule has 2 aromatic rings. The summed E-state index contributed by atoms with van der Waals surface area (Å²) in [6.07, 6.45) is -0.151. The first-order valence-corrected chi connectivity index (χ1v) is 6.22. The third-order valence-electron chi connectivity index (χ3n) is 2.48. The standard InChI is InChI=1S/C11H11BrClN3O/c1-16-10(11(12)14-15-16)9(17)6-7-2-4-8(13)5-3-7/h2-5,9,17H,6H2,1H3. The van der Waals surface area contributed by atoms with Crippen molar-refractivity contribution in [1.82, 2.24) is 15.0 Å². The van der Waals surface area contributed by atoms with Gasteiger partial charge in [-0.15, -0.1) is 5.10 Å². The van der Waals surface area contributed by atoms with Crippen molar-refractivity contribution < 1.29 is 5.11 Å². The van der Waals surface area contributed by atoms with Gasteiger partial charge in [-0.2, -0.15) is 0 Å². The fraction of sp³-hybridized carbons (Fsp3) is 0.273. The summed E-state index contributed by atoms with van der Waals surface area (Å²) >= 11 is 9.07. The molecule has 0 saturated carbocycles. The molecule has 1 heterocycles. The van der Waals surface area contributed by atoms with Crippen molar-refractivity contribution in [3.63, 3.8) is 0 Å². The Labute approximate surface area is 112 Å². The lowest BCUT2D eigenvalue weighted by Crippen LogP contribution is -2.08. The molecular formula is C11H11BrClN3O. The molecule has 1 unspecified atom stereocenters. The quantitative estimate of drug-likeness (QED) is 0.946. The highest BCUT2D eigenvalue weighted by Crippen LogP contribution is 2.24. The number of aliphatic hydroxyl groups excluding tert-OH is 1. The van der Waals surface area contributed by atoms with Gasteiger partial charge in [-0.1, -0.05) is 28.9 Å². The van der Waals surface area contributed by atoms with Gasteiger partial charge >= 0.3 is 0 Å². The molecule has 0 spiro atoms. The Hall–Kier alpha value is -0.910. The van der Waals surface area contributed by atoms with Crippen LogP contribution < -0.4 is 0 Å². The van der Waals surface area contributed by atoms with Crippen LogP contribution in [0.5, 0.6) is 0 Å². The van der Waals surface area contributed by atoms with E-state index in [1.807, 2.05) is 12.1 Å². The van der Waals surface area contributed by atoms with Crippen LogP contribution in [0.4, 0.5) is 0 Å². The third kappa shape index (κ3) is 2.86. The van der Waals surface area contributed by atoms with Crippen LogP contribution in [-0.2, 0) is 13.5 Å². The highest BCUT2D eigenvalue weighted by molar-refractivity contribution is 9.10. The first kappa shape index (κ1) is 12.5. The van der Waals surface area contributed by atoms with E-state index in [2.05, 4.69) is 26.2 Å². The average molecular weight is 317 g/mol. The Bertz CT molecular complexity index is 492. The number of benzene rings is 1. The van der Waals surface area contributed by atoms with Gasteiger partial charge in [-0.25, -0.2) is 4.68 Å². The second-order valence-corrected chi connectivity index (χ2v) is 4.92. The van der Waals surface area contributed by atoms with Crippen LogP contribution >= 0.6 is 27.5 Å². The number of aromatic nitrogens is 3. The highest BCUT2D eigenvalue weighted by atomic mass is 79.9. The summed E-state index contributed by atoms with van der Waals surface area (Å²) in [6.45, 7) is 0. The Balaban J connectivity index is 2.17. The summed E-state index contributed by atoms with van der Waals surface area (Å²) in [7, 11) is 1.75. The first-order valence-electron chi connectivity index (χ1n) is 5.05. The molecule has 0 amide bonds. The summed E-state index contributed by atoms with van der Waals surface area (Å²) in [5.74, 6) is 0. The summed E-state index contributed by atoms with van der Waals surface area (Å²) in [5.41, 5.74) is 1.68. The maximum absolute atomic E-state index is 10.1. The predicted octanol–water partition coefficient (Wildman–Crippen LogP) is 2.51. The summed E-state index contributed by atoms with van der Waals surface area (Å²) in [4.78, 5) is 0.